The van der Waals surface area contributed by atoms with E-state index in [-0.39, 0.29) is 5.91 Å². The quantitative estimate of drug-likeness (QED) is 0.498. The summed E-state index contributed by atoms with van der Waals surface area (Å²) >= 11 is 0. The van der Waals surface area contributed by atoms with Gasteiger partial charge in [0.05, 0.1) is 0 Å². The van der Waals surface area contributed by atoms with Crippen molar-refractivity contribution in [2.24, 2.45) is 5.84 Å². The molecule has 0 unspecified atom stereocenters. The van der Waals surface area contributed by atoms with E-state index in [9.17, 15) is 4.79 Å². The maximum atomic E-state index is 11.3. The van der Waals surface area contributed by atoms with E-state index >= 15 is 0 Å². The zero-order chi connectivity index (χ0) is 13.7. The number of anilines is 1. The van der Waals surface area contributed by atoms with Crippen molar-refractivity contribution in [2.45, 2.75) is 6.54 Å². The van der Waals surface area contributed by atoms with Crippen LogP contribution in [0.25, 0.3) is 0 Å². The highest BCUT2D eigenvalue weighted by molar-refractivity contribution is 5.93. The van der Waals surface area contributed by atoms with E-state index < -0.39 is 0 Å². The number of hydrogen-bond donors (Lipinski definition) is 2. The van der Waals surface area contributed by atoms with Crippen LogP contribution >= 0.6 is 0 Å². The first-order chi connectivity index (χ1) is 9.20. The summed E-state index contributed by atoms with van der Waals surface area (Å²) in [6, 6.07) is 17.6. The lowest BCUT2D eigenvalue weighted by molar-refractivity contribution is 0.0953. The van der Waals surface area contributed by atoms with Crippen molar-refractivity contribution in [2.75, 3.05) is 11.9 Å². The van der Waals surface area contributed by atoms with Crippen molar-refractivity contribution in [3.8, 4) is 0 Å². The van der Waals surface area contributed by atoms with Gasteiger partial charge >= 0.3 is 0 Å². The molecule has 0 aliphatic rings. The van der Waals surface area contributed by atoms with Gasteiger partial charge in [-0.25, -0.2) is 5.84 Å². The van der Waals surface area contributed by atoms with Gasteiger partial charge in [-0.2, -0.15) is 0 Å². The molecule has 98 valence electrons. The molecule has 0 aromatic heterocycles. The summed E-state index contributed by atoms with van der Waals surface area (Å²) in [5, 5.41) is 0. The third kappa shape index (κ3) is 3.33. The van der Waals surface area contributed by atoms with E-state index in [2.05, 4.69) is 22.5 Å². The predicted octanol–water partition coefficient (Wildman–Crippen LogP) is 1.93. The minimum atomic E-state index is -0.275. The molecule has 2 aromatic carbocycles. The van der Waals surface area contributed by atoms with E-state index in [1.165, 1.54) is 0 Å². The number of benzene rings is 2. The van der Waals surface area contributed by atoms with Crippen molar-refractivity contribution in [3.63, 3.8) is 0 Å². The van der Waals surface area contributed by atoms with E-state index in [4.69, 9.17) is 5.84 Å². The molecule has 2 aromatic rings. The molecule has 0 bridgehead atoms. The molecule has 2 rings (SSSR count). The molecule has 0 aliphatic carbocycles. The van der Waals surface area contributed by atoms with Gasteiger partial charge in [-0.05, 0) is 29.8 Å². The molecule has 0 saturated heterocycles. The number of nitrogen functional groups attached to an aromatic ring is 1. The molecular weight excluding hydrogens is 238 g/mol. The highest BCUT2D eigenvalue weighted by atomic mass is 16.2. The number of amides is 1. The van der Waals surface area contributed by atoms with E-state index in [0.29, 0.717) is 5.56 Å². The first-order valence-corrected chi connectivity index (χ1v) is 6.07. The van der Waals surface area contributed by atoms with Crippen molar-refractivity contribution >= 4 is 11.6 Å². The standard InChI is InChI=1S/C15H17N3O/c1-18(14-5-3-2-4-6-14)11-12-7-9-13(10-8-12)15(19)17-16/h2-10H,11,16H2,1H3,(H,17,19). The number of nitrogens with zero attached hydrogens (tertiary/aromatic N) is 1. The molecule has 4 heteroatoms. The number of rotatable bonds is 4. The smallest absolute Gasteiger partial charge is 0.265 e. The van der Waals surface area contributed by atoms with Gasteiger partial charge in [-0.3, -0.25) is 10.2 Å². The fourth-order valence-electron chi connectivity index (χ4n) is 1.89. The highest BCUT2D eigenvalue weighted by Crippen LogP contribution is 2.15. The molecule has 0 fully saturated rings. The average molecular weight is 255 g/mol. The number of carbonyl (C=O) groups excluding carboxylic acids is 1. The molecule has 3 N–H and O–H groups in total. The summed E-state index contributed by atoms with van der Waals surface area (Å²) < 4.78 is 0. The summed E-state index contributed by atoms with van der Waals surface area (Å²) in [6.45, 7) is 0.786. The summed E-state index contributed by atoms with van der Waals surface area (Å²) in [6.07, 6.45) is 0. The topological polar surface area (TPSA) is 58.4 Å². The minimum Gasteiger partial charge on any atom is -0.370 e. The van der Waals surface area contributed by atoms with Crippen molar-refractivity contribution in [3.05, 3.63) is 65.7 Å². The van der Waals surface area contributed by atoms with Crippen LogP contribution in [0.2, 0.25) is 0 Å². The van der Waals surface area contributed by atoms with Gasteiger partial charge in [0, 0.05) is 24.8 Å². The van der Waals surface area contributed by atoms with Crippen LogP contribution in [-0.2, 0) is 6.54 Å². The van der Waals surface area contributed by atoms with Crippen LogP contribution in [-0.4, -0.2) is 13.0 Å². The zero-order valence-electron chi connectivity index (χ0n) is 10.8. The van der Waals surface area contributed by atoms with Gasteiger partial charge in [0.25, 0.3) is 5.91 Å². The molecule has 0 radical (unpaired) electrons. The molecule has 0 atom stereocenters. The van der Waals surface area contributed by atoms with E-state index in [0.717, 1.165) is 17.8 Å². The first-order valence-electron chi connectivity index (χ1n) is 6.07. The maximum absolute atomic E-state index is 11.3. The van der Waals surface area contributed by atoms with Crippen LogP contribution in [0.1, 0.15) is 15.9 Å². The number of nitrogens with one attached hydrogen (secondary N) is 1. The number of carbonyl (C=O) groups is 1. The van der Waals surface area contributed by atoms with Gasteiger partial charge in [-0.1, -0.05) is 30.3 Å². The highest BCUT2D eigenvalue weighted by Gasteiger charge is 2.04. The molecule has 0 aliphatic heterocycles. The predicted molar refractivity (Wildman–Crippen MR) is 76.6 cm³/mol. The second kappa shape index (κ2) is 6.02. The van der Waals surface area contributed by atoms with Gasteiger partial charge in [0.15, 0.2) is 0 Å². The van der Waals surface area contributed by atoms with Crippen LogP contribution in [0.5, 0.6) is 0 Å². The largest absolute Gasteiger partial charge is 0.370 e. The number of hydrazine groups is 1. The van der Waals surface area contributed by atoms with Gasteiger partial charge in [-0.15, -0.1) is 0 Å². The number of para-hydroxylation sites is 1. The second-order valence-electron chi connectivity index (χ2n) is 4.36. The zero-order valence-corrected chi connectivity index (χ0v) is 10.8. The normalized spacial score (nSPS) is 10.0. The molecule has 1 amide bonds. The molecular formula is C15H17N3O. The van der Waals surface area contributed by atoms with Crippen molar-refractivity contribution in [1.82, 2.24) is 5.43 Å². The molecule has 19 heavy (non-hydrogen) atoms. The molecule has 0 spiro atoms. The van der Waals surface area contributed by atoms with Crippen molar-refractivity contribution in [1.29, 1.82) is 0 Å². The Morgan fingerprint density at radius 1 is 1.11 bits per heavy atom. The van der Waals surface area contributed by atoms with Crippen LogP contribution in [0.15, 0.2) is 54.6 Å². The molecule has 4 nitrogen and oxygen atoms in total. The van der Waals surface area contributed by atoms with Gasteiger partial charge in [0.1, 0.15) is 0 Å². The van der Waals surface area contributed by atoms with Crippen molar-refractivity contribution < 1.29 is 4.79 Å². The Kier molecular flexibility index (Phi) is 4.15. The summed E-state index contributed by atoms with van der Waals surface area (Å²) in [5.41, 5.74) is 4.98. The van der Waals surface area contributed by atoms with E-state index in [1.807, 2.05) is 37.4 Å². The number of nitrogens with two attached hydrogens (primary N) is 1. The molecule has 0 saturated carbocycles. The Hall–Kier alpha value is -2.33. The monoisotopic (exact) mass is 255 g/mol. The minimum absolute atomic E-state index is 0.275. The Morgan fingerprint density at radius 3 is 2.32 bits per heavy atom. The molecule has 0 heterocycles. The fourth-order valence-corrected chi connectivity index (χ4v) is 1.89. The van der Waals surface area contributed by atoms with Crippen LogP contribution < -0.4 is 16.2 Å². The van der Waals surface area contributed by atoms with E-state index in [1.54, 1.807) is 12.1 Å². The Labute approximate surface area is 112 Å². The summed E-state index contributed by atoms with van der Waals surface area (Å²) in [7, 11) is 2.04. The van der Waals surface area contributed by atoms with Gasteiger partial charge in [0.2, 0.25) is 0 Å². The third-order valence-corrected chi connectivity index (χ3v) is 2.96. The van der Waals surface area contributed by atoms with Crippen LogP contribution in [0, 0.1) is 0 Å². The lowest BCUT2D eigenvalue weighted by Crippen LogP contribution is -2.29. The average Bonchev–Trinajstić information content (AvgIpc) is 2.48. The lowest BCUT2D eigenvalue weighted by Gasteiger charge is -2.19. The fraction of sp³-hybridized carbons (Fsp3) is 0.133. The Bertz CT molecular complexity index is 537. The first kappa shape index (κ1) is 13.1. The maximum Gasteiger partial charge on any atom is 0.265 e. The third-order valence-electron chi connectivity index (χ3n) is 2.96. The van der Waals surface area contributed by atoms with Crippen LogP contribution in [0.4, 0.5) is 5.69 Å². The number of hydrogen-bond acceptors (Lipinski definition) is 3. The summed E-state index contributed by atoms with van der Waals surface area (Å²) in [5.74, 6) is 4.82. The van der Waals surface area contributed by atoms with Crippen LogP contribution in [0.3, 0.4) is 0 Å². The second-order valence-corrected chi connectivity index (χ2v) is 4.36. The summed E-state index contributed by atoms with van der Waals surface area (Å²) in [4.78, 5) is 13.5. The Morgan fingerprint density at radius 2 is 1.74 bits per heavy atom. The SMILES string of the molecule is CN(Cc1ccc(C(=O)NN)cc1)c1ccccc1. The van der Waals surface area contributed by atoms with Gasteiger partial charge < -0.3 is 4.90 Å². The Balaban J connectivity index is 2.06. The lowest BCUT2D eigenvalue weighted by atomic mass is 10.1.